The lowest BCUT2D eigenvalue weighted by atomic mass is 9.92. The normalized spacial score (nSPS) is 15.8. The van der Waals surface area contributed by atoms with Crippen LogP contribution in [0.2, 0.25) is 0 Å². The van der Waals surface area contributed by atoms with Gasteiger partial charge in [0.25, 0.3) is 0 Å². The first kappa shape index (κ1) is 15.9. The van der Waals surface area contributed by atoms with E-state index in [-0.39, 0.29) is 5.54 Å². The molecule has 2 heteroatoms. The summed E-state index contributed by atoms with van der Waals surface area (Å²) in [7, 11) is 2.22. The summed E-state index contributed by atoms with van der Waals surface area (Å²) in [5, 5.41) is 0. The second kappa shape index (κ2) is 8.08. The molecule has 0 rings (SSSR count). The van der Waals surface area contributed by atoms with Crippen molar-refractivity contribution < 1.29 is 0 Å². The molecule has 0 fully saturated rings. The molecule has 0 aliphatic heterocycles. The third-order valence-electron chi connectivity index (χ3n) is 3.72. The topological polar surface area (TPSA) is 29.3 Å². The average molecular weight is 228 g/mol. The summed E-state index contributed by atoms with van der Waals surface area (Å²) < 4.78 is 0. The summed E-state index contributed by atoms with van der Waals surface area (Å²) in [6, 6.07) is 0. The quantitative estimate of drug-likeness (QED) is 0.614. The molecule has 0 spiro atoms. The Bertz CT molecular complexity index is 168. The van der Waals surface area contributed by atoms with Crippen molar-refractivity contribution in [1.29, 1.82) is 0 Å². The van der Waals surface area contributed by atoms with Crippen LogP contribution in [0.3, 0.4) is 0 Å². The number of nitrogens with zero attached hydrogens (tertiary/aromatic N) is 1. The van der Waals surface area contributed by atoms with E-state index in [1.54, 1.807) is 0 Å². The third-order valence-corrected chi connectivity index (χ3v) is 3.72. The molecule has 1 unspecified atom stereocenters. The molecule has 0 saturated carbocycles. The molecule has 0 aromatic heterocycles. The molecular formula is C14H32N2. The van der Waals surface area contributed by atoms with E-state index < -0.39 is 0 Å². The van der Waals surface area contributed by atoms with Crippen LogP contribution in [0, 0.1) is 5.92 Å². The van der Waals surface area contributed by atoms with E-state index in [1.807, 2.05) is 0 Å². The van der Waals surface area contributed by atoms with E-state index >= 15 is 0 Å². The lowest BCUT2D eigenvalue weighted by Crippen LogP contribution is -2.50. The molecule has 1 atom stereocenters. The predicted molar refractivity (Wildman–Crippen MR) is 73.7 cm³/mol. The highest BCUT2D eigenvalue weighted by Crippen LogP contribution is 2.21. The summed E-state index contributed by atoms with van der Waals surface area (Å²) >= 11 is 0. The summed E-state index contributed by atoms with van der Waals surface area (Å²) in [6.45, 7) is 11.1. The van der Waals surface area contributed by atoms with Crippen molar-refractivity contribution in [3.8, 4) is 0 Å². The van der Waals surface area contributed by atoms with Crippen molar-refractivity contribution in [3.63, 3.8) is 0 Å². The molecule has 0 heterocycles. The van der Waals surface area contributed by atoms with Gasteiger partial charge in [0.05, 0.1) is 0 Å². The molecular weight excluding hydrogens is 196 g/mol. The van der Waals surface area contributed by atoms with Gasteiger partial charge in [-0.2, -0.15) is 0 Å². The van der Waals surface area contributed by atoms with Crippen LogP contribution >= 0.6 is 0 Å². The highest BCUT2D eigenvalue weighted by Gasteiger charge is 2.26. The lowest BCUT2D eigenvalue weighted by molar-refractivity contribution is 0.124. The molecule has 0 saturated heterocycles. The number of hydrogen-bond donors (Lipinski definition) is 1. The van der Waals surface area contributed by atoms with Gasteiger partial charge in [0, 0.05) is 12.1 Å². The van der Waals surface area contributed by atoms with Crippen molar-refractivity contribution >= 4 is 0 Å². The van der Waals surface area contributed by atoms with Gasteiger partial charge in [-0.25, -0.2) is 0 Å². The van der Waals surface area contributed by atoms with Crippen LogP contribution < -0.4 is 5.73 Å². The van der Waals surface area contributed by atoms with Gasteiger partial charge in [0.1, 0.15) is 0 Å². The van der Waals surface area contributed by atoms with Crippen molar-refractivity contribution in [2.45, 2.75) is 65.3 Å². The first-order chi connectivity index (χ1) is 7.46. The Balaban J connectivity index is 4.09. The zero-order chi connectivity index (χ0) is 12.6. The van der Waals surface area contributed by atoms with Crippen LogP contribution in [0.4, 0.5) is 0 Å². The zero-order valence-corrected chi connectivity index (χ0v) is 12.1. The molecule has 0 aromatic rings. The maximum absolute atomic E-state index is 5.95. The van der Waals surface area contributed by atoms with Crippen LogP contribution in [0.25, 0.3) is 0 Å². The Labute approximate surface area is 103 Å². The van der Waals surface area contributed by atoms with Gasteiger partial charge in [0.2, 0.25) is 0 Å². The minimum absolute atomic E-state index is 0.198. The fourth-order valence-electron chi connectivity index (χ4n) is 1.93. The number of unbranched alkanes of at least 4 members (excludes halogenated alkanes) is 2. The fraction of sp³-hybridized carbons (Fsp3) is 1.00. The Morgan fingerprint density at radius 1 is 1.25 bits per heavy atom. The summed E-state index contributed by atoms with van der Waals surface area (Å²) in [5.74, 6) is 0.778. The minimum atomic E-state index is 0.198. The second-order valence-electron chi connectivity index (χ2n) is 5.76. The Morgan fingerprint density at radius 2 is 1.88 bits per heavy atom. The van der Waals surface area contributed by atoms with E-state index in [4.69, 9.17) is 5.73 Å². The SMILES string of the molecule is CCCCCC(C)(CN)N(C)CCC(C)C. The van der Waals surface area contributed by atoms with E-state index in [0.29, 0.717) is 0 Å². The molecule has 0 bridgehead atoms. The Hall–Kier alpha value is -0.0800. The van der Waals surface area contributed by atoms with Crippen molar-refractivity contribution in [2.75, 3.05) is 20.1 Å². The maximum atomic E-state index is 5.95. The van der Waals surface area contributed by atoms with Crippen LogP contribution in [-0.4, -0.2) is 30.6 Å². The number of likely N-dealkylation sites (N-methyl/N-ethyl adjacent to an activating group) is 1. The van der Waals surface area contributed by atoms with E-state index in [2.05, 4.69) is 39.6 Å². The number of hydrogen-bond acceptors (Lipinski definition) is 2. The minimum Gasteiger partial charge on any atom is -0.329 e. The van der Waals surface area contributed by atoms with Crippen LogP contribution in [-0.2, 0) is 0 Å². The van der Waals surface area contributed by atoms with E-state index in [1.165, 1.54) is 32.1 Å². The number of rotatable bonds is 9. The molecule has 2 nitrogen and oxygen atoms in total. The van der Waals surface area contributed by atoms with E-state index in [0.717, 1.165) is 19.0 Å². The molecule has 2 N–H and O–H groups in total. The van der Waals surface area contributed by atoms with Gasteiger partial charge >= 0.3 is 0 Å². The van der Waals surface area contributed by atoms with Gasteiger partial charge in [-0.1, -0.05) is 40.0 Å². The molecule has 0 amide bonds. The first-order valence-corrected chi connectivity index (χ1v) is 6.87. The molecule has 0 radical (unpaired) electrons. The molecule has 16 heavy (non-hydrogen) atoms. The smallest absolute Gasteiger partial charge is 0.0300 e. The molecule has 0 aliphatic rings. The number of nitrogens with two attached hydrogens (primary N) is 1. The summed E-state index contributed by atoms with van der Waals surface area (Å²) in [6.07, 6.45) is 6.41. The van der Waals surface area contributed by atoms with Crippen LogP contribution in [0.5, 0.6) is 0 Å². The van der Waals surface area contributed by atoms with Crippen molar-refractivity contribution in [3.05, 3.63) is 0 Å². The average Bonchev–Trinajstić information content (AvgIpc) is 2.25. The van der Waals surface area contributed by atoms with Gasteiger partial charge < -0.3 is 5.73 Å². The zero-order valence-electron chi connectivity index (χ0n) is 12.1. The van der Waals surface area contributed by atoms with Gasteiger partial charge in [0.15, 0.2) is 0 Å². The molecule has 0 aromatic carbocycles. The van der Waals surface area contributed by atoms with Gasteiger partial charge in [-0.05, 0) is 39.3 Å². The molecule has 0 aliphatic carbocycles. The predicted octanol–water partition coefficient (Wildman–Crippen LogP) is 3.26. The van der Waals surface area contributed by atoms with E-state index in [9.17, 15) is 0 Å². The maximum Gasteiger partial charge on any atom is 0.0300 e. The largest absolute Gasteiger partial charge is 0.329 e. The Kier molecular flexibility index (Phi) is 8.04. The monoisotopic (exact) mass is 228 g/mol. The summed E-state index contributed by atoms with van der Waals surface area (Å²) in [4.78, 5) is 2.46. The lowest BCUT2D eigenvalue weighted by Gasteiger charge is -2.38. The van der Waals surface area contributed by atoms with Gasteiger partial charge in [-0.15, -0.1) is 0 Å². The Morgan fingerprint density at radius 3 is 2.31 bits per heavy atom. The van der Waals surface area contributed by atoms with Gasteiger partial charge in [-0.3, -0.25) is 4.90 Å². The summed E-state index contributed by atoms with van der Waals surface area (Å²) in [5.41, 5.74) is 6.15. The van der Waals surface area contributed by atoms with Crippen LogP contribution in [0.15, 0.2) is 0 Å². The fourth-order valence-corrected chi connectivity index (χ4v) is 1.93. The standard InChI is InChI=1S/C14H32N2/c1-6-7-8-10-14(4,12-15)16(5)11-9-13(2)3/h13H,6-12,15H2,1-5H3. The first-order valence-electron chi connectivity index (χ1n) is 6.87. The van der Waals surface area contributed by atoms with Crippen molar-refractivity contribution in [1.82, 2.24) is 4.90 Å². The third kappa shape index (κ3) is 5.86. The highest BCUT2D eigenvalue weighted by molar-refractivity contribution is 4.85. The molecule has 98 valence electrons. The van der Waals surface area contributed by atoms with Crippen molar-refractivity contribution in [2.24, 2.45) is 11.7 Å². The second-order valence-corrected chi connectivity index (χ2v) is 5.76. The highest BCUT2D eigenvalue weighted by atomic mass is 15.2. The van der Waals surface area contributed by atoms with Crippen LogP contribution in [0.1, 0.15) is 59.8 Å².